The molecule has 1 N–H and O–H groups in total. The molecule has 1 aromatic heterocycles. The van der Waals surface area contributed by atoms with Crippen molar-refractivity contribution in [1.82, 2.24) is 9.55 Å². The van der Waals surface area contributed by atoms with Gasteiger partial charge in [0.2, 0.25) is 0 Å². The van der Waals surface area contributed by atoms with Gasteiger partial charge in [-0.05, 0) is 24.6 Å². The first-order valence-electron chi connectivity index (χ1n) is 5.11. The van der Waals surface area contributed by atoms with Gasteiger partial charge in [0, 0.05) is 31.2 Å². The van der Waals surface area contributed by atoms with E-state index < -0.39 is 0 Å². The molecule has 0 fully saturated rings. The van der Waals surface area contributed by atoms with E-state index in [1.165, 1.54) is 11.3 Å². The zero-order chi connectivity index (χ0) is 10.5. The van der Waals surface area contributed by atoms with Crippen LogP contribution in [0.2, 0.25) is 0 Å². The molecule has 0 spiro atoms. The molecular formula is C12H15N3. The van der Waals surface area contributed by atoms with Crippen molar-refractivity contribution in [3.05, 3.63) is 48.5 Å². The molecule has 0 unspecified atom stereocenters. The van der Waals surface area contributed by atoms with Gasteiger partial charge in [-0.2, -0.15) is 0 Å². The van der Waals surface area contributed by atoms with Gasteiger partial charge in [-0.1, -0.05) is 12.1 Å². The fraction of sp³-hybridized carbons (Fsp3) is 0.250. The molecule has 2 rings (SSSR count). The van der Waals surface area contributed by atoms with E-state index in [0.717, 1.165) is 13.1 Å². The highest BCUT2D eigenvalue weighted by Crippen LogP contribution is 2.08. The normalized spacial score (nSPS) is 10.2. The summed E-state index contributed by atoms with van der Waals surface area (Å²) in [5.74, 6) is 0. The second kappa shape index (κ2) is 4.64. The highest BCUT2D eigenvalue weighted by atomic mass is 15.0. The quantitative estimate of drug-likeness (QED) is 0.822. The van der Waals surface area contributed by atoms with Crippen LogP contribution in [0, 0.1) is 6.92 Å². The van der Waals surface area contributed by atoms with Crippen molar-refractivity contribution in [3.8, 4) is 0 Å². The molecule has 0 aliphatic heterocycles. The number of aromatic nitrogens is 2. The number of hydrogen-bond acceptors (Lipinski definition) is 2. The Hall–Kier alpha value is -1.77. The molecule has 0 saturated heterocycles. The zero-order valence-corrected chi connectivity index (χ0v) is 8.85. The lowest BCUT2D eigenvalue weighted by atomic mass is 10.2. The Morgan fingerprint density at radius 3 is 3.07 bits per heavy atom. The number of anilines is 1. The van der Waals surface area contributed by atoms with Crippen molar-refractivity contribution in [2.45, 2.75) is 13.5 Å². The molecule has 3 heteroatoms. The Bertz CT molecular complexity index is 407. The van der Waals surface area contributed by atoms with Crippen LogP contribution in [-0.2, 0) is 6.54 Å². The summed E-state index contributed by atoms with van der Waals surface area (Å²) in [6.45, 7) is 3.95. The lowest BCUT2D eigenvalue weighted by Crippen LogP contribution is -2.09. The first-order valence-corrected chi connectivity index (χ1v) is 5.11. The maximum Gasteiger partial charge on any atom is 0.0946 e. The predicted octanol–water partition coefficient (Wildman–Crippen LogP) is 2.30. The van der Waals surface area contributed by atoms with Crippen molar-refractivity contribution >= 4 is 5.69 Å². The van der Waals surface area contributed by atoms with Crippen molar-refractivity contribution in [3.63, 3.8) is 0 Å². The first-order chi connectivity index (χ1) is 7.34. The largest absolute Gasteiger partial charge is 0.383 e. The summed E-state index contributed by atoms with van der Waals surface area (Å²) in [7, 11) is 0. The second-order valence-electron chi connectivity index (χ2n) is 3.60. The second-order valence-corrected chi connectivity index (χ2v) is 3.60. The molecule has 2 aromatic rings. The van der Waals surface area contributed by atoms with Gasteiger partial charge < -0.3 is 9.88 Å². The van der Waals surface area contributed by atoms with E-state index in [1.807, 2.05) is 12.5 Å². The van der Waals surface area contributed by atoms with Crippen LogP contribution in [0.1, 0.15) is 5.56 Å². The summed E-state index contributed by atoms with van der Waals surface area (Å²) in [5.41, 5.74) is 2.46. The molecule has 0 bridgehead atoms. The van der Waals surface area contributed by atoms with Crippen molar-refractivity contribution in [1.29, 1.82) is 0 Å². The average molecular weight is 201 g/mol. The maximum absolute atomic E-state index is 4.00. The maximum atomic E-state index is 4.00. The van der Waals surface area contributed by atoms with E-state index in [2.05, 4.69) is 46.1 Å². The average Bonchev–Trinajstić information content (AvgIpc) is 2.71. The highest BCUT2D eigenvalue weighted by Gasteiger charge is 1.92. The third kappa shape index (κ3) is 2.84. The van der Waals surface area contributed by atoms with Crippen LogP contribution >= 0.6 is 0 Å². The fourth-order valence-corrected chi connectivity index (χ4v) is 1.50. The highest BCUT2D eigenvalue weighted by molar-refractivity contribution is 5.45. The van der Waals surface area contributed by atoms with Gasteiger partial charge in [0.25, 0.3) is 0 Å². The first kappa shape index (κ1) is 9.77. The van der Waals surface area contributed by atoms with Gasteiger partial charge >= 0.3 is 0 Å². The number of nitrogens with one attached hydrogen (secondary N) is 1. The van der Waals surface area contributed by atoms with Crippen LogP contribution in [0.4, 0.5) is 5.69 Å². The van der Waals surface area contributed by atoms with Crippen LogP contribution in [0.25, 0.3) is 0 Å². The van der Waals surface area contributed by atoms with Crippen LogP contribution in [0.3, 0.4) is 0 Å². The van der Waals surface area contributed by atoms with E-state index in [0.29, 0.717) is 0 Å². The van der Waals surface area contributed by atoms with Gasteiger partial charge in [-0.3, -0.25) is 0 Å². The third-order valence-electron chi connectivity index (χ3n) is 2.28. The van der Waals surface area contributed by atoms with E-state index in [9.17, 15) is 0 Å². The molecule has 15 heavy (non-hydrogen) atoms. The molecule has 0 aliphatic rings. The minimum atomic E-state index is 0.916. The topological polar surface area (TPSA) is 29.9 Å². The van der Waals surface area contributed by atoms with E-state index in [-0.39, 0.29) is 0 Å². The molecule has 78 valence electrons. The van der Waals surface area contributed by atoms with Crippen LogP contribution in [0.5, 0.6) is 0 Å². The SMILES string of the molecule is Cc1cccc(NCCn2ccnc2)c1. The monoisotopic (exact) mass is 201 g/mol. The number of imidazole rings is 1. The van der Waals surface area contributed by atoms with Crippen molar-refractivity contribution in [2.75, 3.05) is 11.9 Å². The molecule has 0 aliphatic carbocycles. The van der Waals surface area contributed by atoms with Crippen molar-refractivity contribution in [2.24, 2.45) is 0 Å². The zero-order valence-electron chi connectivity index (χ0n) is 8.85. The number of nitrogens with zero attached hydrogens (tertiary/aromatic N) is 2. The van der Waals surface area contributed by atoms with Gasteiger partial charge in [-0.15, -0.1) is 0 Å². The van der Waals surface area contributed by atoms with E-state index in [1.54, 1.807) is 6.20 Å². The Morgan fingerprint density at radius 2 is 2.33 bits per heavy atom. The van der Waals surface area contributed by atoms with Crippen LogP contribution in [0.15, 0.2) is 43.0 Å². The summed E-state index contributed by atoms with van der Waals surface area (Å²) < 4.78 is 2.06. The minimum absolute atomic E-state index is 0.916. The summed E-state index contributed by atoms with van der Waals surface area (Å²) >= 11 is 0. The summed E-state index contributed by atoms with van der Waals surface area (Å²) in [6.07, 6.45) is 5.60. The number of hydrogen-bond donors (Lipinski definition) is 1. The van der Waals surface area contributed by atoms with Crippen LogP contribution < -0.4 is 5.32 Å². The molecule has 1 heterocycles. The molecule has 0 amide bonds. The Balaban J connectivity index is 1.83. The molecule has 0 atom stereocenters. The number of benzene rings is 1. The molecule has 0 radical (unpaired) electrons. The fourth-order valence-electron chi connectivity index (χ4n) is 1.50. The Morgan fingerprint density at radius 1 is 1.40 bits per heavy atom. The smallest absolute Gasteiger partial charge is 0.0946 e. The Kier molecular flexibility index (Phi) is 3.02. The van der Waals surface area contributed by atoms with Gasteiger partial charge in [0.1, 0.15) is 0 Å². The standard InChI is InChI=1S/C12H15N3/c1-11-3-2-4-12(9-11)14-6-8-15-7-5-13-10-15/h2-5,7,9-10,14H,6,8H2,1H3. The van der Waals surface area contributed by atoms with Crippen molar-refractivity contribution < 1.29 is 0 Å². The van der Waals surface area contributed by atoms with Gasteiger partial charge in [-0.25, -0.2) is 4.98 Å². The number of rotatable bonds is 4. The third-order valence-corrected chi connectivity index (χ3v) is 2.28. The molecular weight excluding hydrogens is 186 g/mol. The predicted molar refractivity (Wildman–Crippen MR) is 61.9 cm³/mol. The van der Waals surface area contributed by atoms with Gasteiger partial charge in [0.05, 0.1) is 6.33 Å². The van der Waals surface area contributed by atoms with E-state index in [4.69, 9.17) is 0 Å². The summed E-state index contributed by atoms with van der Waals surface area (Å²) in [4.78, 5) is 4.00. The molecule has 1 aromatic carbocycles. The van der Waals surface area contributed by atoms with E-state index >= 15 is 0 Å². The number of aryl methyl sites for hydroxylation is 1. The minimum Gasteiger partial charge on any atom is -0.383 e. The molecule has 3 nitrogen and oxygen atoms in total. The van der Waals surface area contributed by atoms with Gasteiger partial charge in [0.15, 0.2) is 0 Å². The summed E-state index contributed by atoms with van der Waals surface area (Å²) in [6, 6.07) is 8.39. The summed E-state index contributed by atoms with van der Waals surface area (Å²) in [5, 5.41) is 3.38. The lowest BCUT2D eigenvalue weighted by Gasteiger charge is -2.07. The van der Waals surface area contributed by atoms with Crippen LogP contribution in [-0.4, -0.2) is 16.1 Å². The molecule has 0 saturated carbocycles. The Labute approximate surface area is 89.8 Å². The lowest BCUT2D eigenvalue weighted by molar-refractivity contribution is 0.727.